The lowest BCUT2D eigenvalue weighted by atomic mass is 11.6. The molecule has 0 fully saturated rings. The largest absolute Gasteiger partial charge is 0.376 e. The van der Waals surface area contributed by atoms with Gasteiger partial charge in [0.2, 0.25) is 0 Å². The Morgan fingerprint density at radius 3 is 2.00 bits per heavy atom. The minimum absolute atomic E-state index is 0. The molecular weight excluding hydrogens is 85.0 g/mol. The summed E-state index contributed by atoms with van der Waals surface area (Å²) in [6.45, 7) is 0.153. The first-order chi connectivity index (χ1) is 1.91. The molecule has 0 spiro atoms. The zero-order chi connectivity index (χ0) is 3.41. The molecule has 0 saturated carbocycles. The Balaban J connectivity index is 0. The maximum absolute atomic E-state index is 8.83. The van der Waals surface area contributed by atoms with Gasteiger partial charge in [0.15, 0.2) is 17.4 Å². The molecule has 0 saturated heterocycles. The van der Waals surface area contributed by atoms with Gasteiger partial charge in [0.05, 0.1) is 0 Å². The fourth-order valence-electron chi connectivity index (χ4n) is 0. The van der Waals surface area contributed by atoms with Crippen LogP contribution in [0.2, 0.25) is 0 Å². The fourth-order valence-corrected chi connectivity index (χ4v) is 0. The fraction of sp³-hybridized carbons (Fsp3) is 0. The van der Waals surface area contributed by atoms with E-state index in [2.05, 4.69) is 10.7 Å². The molecule has 0 aromatic rings. The lowest BCUT2D eigenvalue weighted by molar-refractivity contribution is -0.129. The van der Waals surface area contributed by atoms with Crippen molar-refractivity contribution in [3.8, 4) is 0 Å². The van der Waals surface area contributed by atoms with Gasteiger partial charge in [-0.1, -0.05) is 0 Å². The minimum atomic E-state index is 0. The number of nitrogens with two attached hydrogens (primary N) is 1. The summed E-state index contributed by atoms with van der Waals surface area (Å²) in [7, 11) is 0. The third-order valence-electron chi connectivity index (χ3n) is 0.0556. The number of carbonyl (C=O) groups excluding carboxylic acids is 1. The van der Waals surface area contributed by atoms with E-state index >= 15 is 0 Å². The lowest BCUT2D eigenvalue weighted by Gasteiger charge is -1.66. The minimum Gasteiger partial charge on any atom is -0.376 e. The molecule has 0 radical (unpaired) electrons. The Bertz CT molecular complexity index is 23.6. The van der Waals surface area contributed by atoms with Crippen LogP contribution in [0.5, 0.6) is 0 Å². The summed E-state index contributed by atoms with van der Waals surface area (Å²) in [4.78, 5) is 12.2. The van der Waals surface area contributed by atoms with Gasteiger partial charge in [-0.15, -0.1) is 0 Å². The number of rotatable bonds is 1. The predicted molar refractivity (Wildman–Crippen MR) is 21.3 cm³/mol. The summed E-state index contributed by atoms with van der Waals surface area (Å²) in [6.07, 6.45) is 0. The zero-order valence-corrected chi connectivity index (χ0v) is 1.97. The molecule has 2 N–H and O–H groups in total. The van der Waals surface area contributed by atoms with E-state index in [1.54, 1.807) is 0 Å². The van der Waals surface area contributed by atoms with E-state index in [-0.39, 0.29) is 23.8 Å². The van der Waals surface area contributed by atoms with Crippen molar-refractivity contribution < 1.29 is 9.63 Å². The molecule has 0 amide bonds. The highest BCUT2D eigenvalue weighted by Crippen LogP contribution is 1.24. The highest BCUT2D eigenvalue weighted by Gasteiger charge is 1.44. The first-order valence-electron chi connectivity index (χ1n) is 0.707. The molecule has 0 aromatic heterocycles. The molecule has 0 aliphatic heterocycles. The number of hydrogen-bond donors (Lipinski definition) is 1. The molecule has 0 aliphatic rings. The summed E-state index contributed by atoms with van der Waals surface area (Å²) < 4.78 is 0. The van der Waals surface area contributed by atoms with Crippen molar-refractivity contribution in [3.05, 3.63) is 0 Å². The Kier molecular flexibility index (Phi) is 16.0. The molecule has 30 valence electrons. The second kappa shape index (κ2) is 9.03. The Morgan fingerprint density at radius 2 is 2.00 bits per heavy atom. The van der Waals surface area contributed by atoms with Gasteiger partial charge in [0.25, 0.3) is 0 Å². The summed E-state index contributed by atoms with van der Waals surface area (Å²) in [5, 5.41) is 0. The topological polar surface area (TPSA) is 52.3 Å². The SMILES string of the molecule is NOC=O.[AlH3]. The Hall–Kier alpha value is -0.0375. The van der Waals surface area contributed by atoms with Crippen molar-refractivity contribution in [3.63, 3.8) is 0 Å². The normalized spacial score (nSPS) is 4.20. The smallest absolute Gasteiger partial charge is 0.312 e. The highest BCUT2D eigenvalue weighted by molar-refractivity contribution is 5.75. The van der Waals surface area contributed by atoms with Gasteiger partial charge in [-0.25, -0.2) is 0 Å². The van der Waals surface area contributed by atoms with Crippen molar-refractivity contribution >= 4 is 23.8 Å². The molecule has 0 bridgehead atoms. The molecular formula is CH6AlNO2. The van der Waals surface area contributed by atoms with Crippen molar-refractivity contribution in [2.24, 2.45) is 5.90 Å². The monoisotopic (exact) mass is 91.0 g/mol. The van der Waals surface area contributed by atoms with E-state index in [4.69, 9.17) is 4.79 Å². The molecule has 0 aliphatic carbocycles. The number of hydrogen-bond acceptors (Lipinski definition) is 3. The summed E-state index contributed by atoms with van der Waals surface area (Å²) in [6, 6.07) is 0. The predicted octanol–water partition coefficient (Wildman–Crippen LogP) is -2.15. The van der Waals surface area contributed by atoms with Crippen molar-refractivity contribution in [2.45, 2.75) is 0 Å². The maximum Gasteiger partial charge on any atom is 0.312 e. The molecule has 0 atom stereocenters. The summed E-state index contributed by atoms with van der Waals surface area (Å²) in [5.41, 5.74) is 0. The Morgan fingerprint density at radius 1 is 1.80 bits per heavy atom. The molecule has 0 rings (SSSR count). The Labute approximate surface area is 40.2 Å². The zero-order valence-electron chi connectivity index (χ0n) is 1.97. The van der Waals surface area contributed by atoms with Gasteiger partial charge in [0.1, 0.15) is 0 Å². The second-order valence-corrected chi connectivity index (χ2v) is 0.232. The summed E-state index contributed by atoms with van der Waals surface area (Å²) in [5.74, 6) is 4.16. The summed E-state index contributed by atoms with van der Waals surface area (Å²) >= 11 is 0. The first-order valence-corrected chi connectivity index (χ1v) is 0.707. The van der Waals surface area contributed by atoms with E-state index in [0.29, 0.717) is 0 Å². The van der Waals surface area contributed by atoms with E-state index in [1.807, 2.05) is 0 Å². The van der Waals surface area contributed by atoms with Gasteiger partial charge < -0.3 is 4.84 Å². The maximum atomic E-state index is 8.83. The van der Waals surface area contributed by atoms with Crippen LogP contribution in [-0.2, 0) is 9.63 Å². The van der Waals surface area contributed by atoms with Crippen molar-refractivity contribution in [1.82, 2.24) is 0 Å². The van der Waals surface area contributed by atoms with Gasteiger partial charge in [-0.3, -0.25) is 4.79 Å². The number of carbonyl (C=O) groups is 1. The highest BCUT2D eigenvalue weighted by atomic mass is 27.0. The van der Waals surface area contributed by atoms with E-state index in [1.165, 1.54) is 0 Å². The van der Waals surface area contributed by atoms with Crippen LogP contribution in [0.25, 0.3) is 0 Å². The third kappa shape index (κ3) is 16.5. The van der Waals surface area contributed by atoms with Gasteiger partial charge >= 0.3 is 6.47 Å². The van der Waals surface area contributed by atoms with Crippen LogP contribution in [0.4, 0.5) is 0 Å². The second-order valence-electron chi connectivity index (χ2n) is 0.232. The molecule has 4 heteroatoms. The lowest BCUT2D eigenvalue weighted by Crippen LogP contribution is -1.92. The molecule has 3 nitrogen and oxygen atoms in total. The quantitative estimate of drug-likeness (QED) is 0.227. The van der Waals surface area contributed by atoms with Crippen molar-refractivity contribution in [2.75, 3.05) is 0 Å². The average molecular weight is 91.0 g/mol. The van der Waals surface area contributed by atoms with E-state index in [9.17, 15) is 0 Å². The van der Waals surface area contributed by atoms with Gasteiger partial charge in [0, 0.05) is 0 Å². The van der Waals surface area contributed by atoms with Crippen LogP contribution in [0.15, 0.2) is 0 Å². The van der Waals surface area contributed by atoms with Crippen LogP contribution in [0.1, 0.15) is 0 Å². The van der Waals surface area contributed by atoms with Crippen LogP contribution in [0.3, 0.4) is 0 Å². The molecule has 5 heavy (non-hydrogen) atoms. The van der Waals surface area contributed by atoms with Crippen LogP contribution < -0.4 is 5.90 Å². The van der Waals surface area contributed by atoms with Crippen LogP contribution in [-0.4, -0.2) is 23.8 Å². The van der Waals surface area contributed by atoms with Gasteiger partial charge in [-0.05, 0) is 0 Å². The van der Waals surface area contributed by atoms with Crippen LogP contribution in [0, 0.1) is 0 Å². The molecule has 0 aromatic carbocycles. The van der Waals surface area contributed by atoms with Crippen molar-refractivity contribution in [1.29, 1.82) is 0 Å². The standard InChI is InChI=1S/CH3NO2.Al.3H/c2-4-1-3;;;;/h1H,2H2;;;;. The first kappa shape index (κ1) is 8.88. The van der Waals surface area contributed by atoms with E-state index in [0.717, 1.165) is 0 Å². The average Bonchev–Trinajstić information content (AvgIpc) is 1.37. The van der Waals surface area contributed by atoms with E-state index < -0.39 is 0 Å². The van der Waals surface area contributed by atoms with Crippen LogP contribution >= 0.6 is 0 Å². The molecule has 0 unspecified atom stereocenters. The molecule has 0 heterocycles. The third-order valence-corrected chi connectivity index (χ3v) is 0.0556. The van der Waals surface area contributed by atoms with Gasteiger partial charge in [-0.2, -0.15) is 5.90 Å².